The monoisotopic (exact) mass is 395 g/mol. The number of ether oxygens (including phenoxy) is 2. The third-order valence-corrected chi connectivity index (χ3v) is 4.55. The average Bonchev–Trinajstić information content (AvgIpc) is 3.23. The molecule has 1 amide bonds. The van der Waals surface area contributed by atoms with Crippen LogP contribution in [-0.4, -0.2) is 24.2 Å². The number of nitrogens with one attached hydrogen (secondary N) is 1. The highest BCUT2D eigenvalue weighted by atomic mass is 16.5. The first kappa shape index (κ1) is 20.5. The van der Waals surface area contributed by atoms with Crippen molar-refractivity contribution in [2.75, 3.05) is 12.4 Å². The number of furan rings is 1. The van der Waals surface area contributed by atoms with Crippen molar-refractivity contribution in [3.05, 3.63) is 65.9 Å². The van der Waals surface area contributed by atoms with Crippen molar-refractivity contribution in [1.29, 1.82) is 0 Å². The van der Waals surface area contributed by atoms with Gasteiger partial charge < -0.3 is 24.3 Å². The number of hydrogen-bond donors (Lipinski definition) is 2. The van der Waals surface area contributed by atoms with Crippen LogP contribution in [0.1, 0.15) is 36.4 Å². The molecule has 3 aromatic rings. The van der Waals surface area contributed by atoms with Crippen LogP contribution < -0.4 is 14.8 Å². The second kappa shape index (κ2) is 9.30. The van der Waals surface area contributed by atoms with Crippen LogP contribution in [-0.2, 0) is 6.61 Å². The first-order chi connectivity index (χ1) is 14.0. The molecule has 1 aromatic heterocycles. The van der Waals surface area contributed by atoms with Gasteiger partial charge >= 0.3 is 0 Å². The zero-order chi connectivity index (χ0) is 20.8. The smallest absolute Gasteiger partial charge is 0.255 e. The molecule has 0 unspecified atom stereocenters. The Morgan fingerprint density at radius 1 is 1.17 bits per heavy atom. The predicted molar refractivity (Wildman–Crippen MR) is 111 cm³/mol. The number of anilines is 1. The van der Waals surface area contributed by atoms with Crippen molar-refractivity contribution in [2.45, 2.75) is 33.0 Å². The zero-order valence-electron chi connectivity index (χ0n) is 16.8. The molecule has 0 radical (unpaired) electrons. The highest BCUT2D eigenvalue weighted by Crippen LogP contribution is 2.34. The fourth-order valence-corrected chi connectivity index (χ4v) is 2.82. The molecular weight excluding hydrogens is 370 g/mol. The summed E-state index contributed by atoms with van der Waals surface area (Å²) in [4.78, 5) is 12.7. The molecule has 0 saturated carbocycles. The summed E-state index contributed by atoms with van der Waals surface area (Å²) in [6.07, 6.45) is 0.963. The summed E-state index contributed by atoms with van der Waals surface area (Å²) in [5, 5.41) is 12.1. The number of carbonyl (C=O) groups excluding carboxylic acids is 1. The molecule has 3 rings (SSSR count). The van der Waals surface area contributed by atoms with Gasteiger partial charge in [0.05, 0.1) is 18.8 Å². The third-order valence-electron chi connectivity index (χ3n) is 4.55. The van der Waals surface area contributed by atoms with E-state index in [1.807, 2.05) is 19.9 Å². The first-order valence-corrected chi connectivity index (χ1v) is 9.50. The Labute approximate surface area is 170 Å². The maximum atomic E-state index is 12.7. The van der Waals surface area contributed by atoms with Crippen molar-refractivity contribution >= 4 is 11.6 Å². The van der Waals surface area contributed by atoms with Gasteiger partial charge in [-0.1, -0.05) is 13.0 Å². The summed E-state index contributed by atoms with van der Waals surface area (Å²) >= 11 is 0. The van der Waals surface area contributed by atoms with Gasteiger partial charge in [0.2, 0.25) is 0 Å². The number of rotatable bonds is 8. The Bertz CT molecular complexity index is 979. The predicted octanol–water partition coefficient (Wildman–Crippen LogP) is 4.88. The fraction of sp³-hybridized carbons (Fsp3) is 0.261. The summed E-state index contributed by atoms with van der Waals surface area (Å²) < 4.78 is 16.8. The second-order valence-corrected chi connectivity index (χ2v) is 6.66. The maximum Gasteiger partial charge on any atom is 0.255 e. The largest absolute Gasteiger partial charge is 0.496 e. The van der Waals surface area contributed by atoms with Gasteiger partial charge in [-0.3, -0.25) is 4.79 Å². The first-order valence-electron chi connectivity index (χ1n) is 9.50. The number of methoxy groups -OCH3 is 1. The van der Waals surface area contributed by atoms with Gasteiger partial charge in [0, 0.05) is 11.3 Å². The van der Waals surface area contributed by atoms with E-state index in [1.54, 1.807) is 55.6 Å². The molecule has 0 aliphatic rings. The minimum atomic E-state index is -0.244. The standard InChI is InChI=1S/C23H25NO5/c1-4-15(2)28-18-7-5-6-16(12-18)23(26)24-17-8-10-21(27-3)20(13-17)22-11-9-19(14-25)29-22/h5-13,15,25H,4,14H2,1-3H3,(H,24,26)/t15-/m0/s1. The molecular formula is C23H25NO5. The molecule has 0 saturated heterocycles. The van der Waals surface area contributed by atoms with E-state index in [0.717, 1.165) is 6.42 Å². The molecule has 152 valence electrons. The van der Waals surface area contributed by atoms with Gasteiger partial charge in [-0.15, -0.1) is 0 Å². The van der Waals surface area contributed by atoms with Gasteiger partial charge in [0.25, 0.3) is 5.91 Å². The molecule has 1 atom stereocenters. The molecule has 0 bridgehead atoms. The van der Waals surface area contributed by atoms with Crippen molar-refractivity contribution in [1.82, 2.24) is 0 Å². The highest BCUT2D eigenvalue weighted by molar-refractivity contribution is 6.04. The van der Waals surface area contributed by atoms with E-state index >= 15 is 0 Å². The van der Waals surface area contributed by atoms with Crippen LogP contribution in [0.4, 0.5) is 5.69 Å². The van der Waals surface area contributed by atoms with Crippen LogP contribution in [0.5, 0.6) is 11.5 Å². The number of amides is 1. The lowest BCUT2D eigenvalue weighted by Gasteiger charge is -2.14. The lowest BCUT2D eigenvalue weighted by atomic mass is 10.1. The van der Waals surface area contributed by atoms with E-state index in [-0.39, 0.29) is 18.6 Å². The van der Waals surface area contributed by atoms with Gasteiger partial charge in [-0.2, -0.15) is 0 Å². The van der Waals surface area contributed by atoms with Gasteiger partial charge in [0.1, 0.15) is 29.6 Å². The van der Waals surface area contributed by atoms with Gasteiger partial charge in [-0.25, -0.2) is 0 Å². The van der Waals surface area contributed by atoms with Crippen molar-refractivity contribution in [3.8, 4) is 22.8 Å². The molecule has 0 aliphatic carbocycles. The van der Waals surface area contributed by atoms with E-state index in [0.29, 0.717) is 39.8 Å². The highest BCUT2D eigenvalue weighted by Gasteiger charge is 2.14. The van der Waals surface area contributed by atoms with Crippen molar-refractivity contribution < 1.29 is 23.8 Å². The van der Waals surface area contributed by atoms with E-state index < -0.39 is 0 Å². The summed E-state index contributed by atoms with van der Waals surface area (Å²) in [5.74, 6) is 2.02. The molecule has 1 heterocycles. The van der Waals surface area contributed by atoms with Gasteiger partial charge in [0.15, 0.2) is 0 Å². The molecule has 0 fully saturated rings. The van der Waals surface area contributed by atoms with Crippen LogP contribution in [0, 0.1) is 0 Å². The van der Waals surface area contributed by atoms with E-state index in [4.69, 9.17) is 13.9 Å². The molecule has 0 aliphatic heterocycles. The molecule has 2 N–H and O–H groups in total. The lowest BCUT2D eigenvalue weighted by Crippen LogP contribution is -2.13. The fourth-order valence-electron chi connectivity index (χ4n) is 2.82. The number of hydrogen-bond acceptors (Lipinski definition) is 5. The number of carbonyl (C=O) groups is 1. The average molecular weight is 395 g/mol. The Hall–Kier alpha value is -3.25. The summed E-state index contributed by atoms with van der Waals surface area (Å²) in [6.45, 7) is 3.85. The molecule has 29 heavy (non-hydrogen) atoms. The van der Waals surface area contributed by atoms with Crippen LogP contribution in [0.3, 0.4) is 0 Å². The molecule has 6 heteroatoms. The number of aliphatic hydroxyl groups is 1. The van der Waals surface area contributed by atoms with Crippen LogP contribution in [0.2, 0.25) is 0 Å². The van der Waals surface area contributed by atoms with Crippen LogP contribution >= 0.6 is 0 Å². The van der Waals surface area contributed by atoms with E-state index in [9.17, 15) is 9.90 Å². The van der Waals surface area contributed by atoms with E-state index in [1.165, 1.54) is 0 Å². The number of aliphatic hydroxyl groups excluding tert-OH is 1. The SMILES string of the molecule is CC[C@H](C)Oc1cccc(C(=O)Nc2ccc(OC)c(-c3ccc(CO)o3)c2)c1. The number of benzene rings is 2. The lowest BCUT2D eigenvalue weighted by molar-refractivity contribution is 0.102. The Balaban J connectivity index is 1.82. The van der Waals surface area contributed by atoms with Crippen molar-refractivity contribution in [3.63, 3.8) is 0 Å². The van der Waals surface area contributed by atoms with Crippen LogP contribution in [0.15, 0.2) is 59.0 Å². The maximum absolute atomic E-state index is 12.7. The molecule has 6 nitrogen and oxygen atoms in total. The summed E-state index contributed by atoms with van der Waals surface area (Å²) in [6, 6.07) is 15.8. The van der Waals surface area contributed by atoms with Gasteiger partial charge in [-0.05, 0) is 61.9 Å². The summed E-state index contributed by atoms with van der Waals surface area (Å²) in [5.41, 5.74) is 1.78. The summed E-state index contributed by atoms with van der Waals surface area (Å²) in [7, 11) is 1.57. The minimum Gasteiger partial charge on any atom is -0.496 e. The topological polar surface area (TPSA) is 80.9 Å². The third kappa shape index (κ3) is 4.97. The van der Waals surface area contributed by atoms with Crippen molar-refractivity contribution in [2.24, 2.45) is 0 Å². The molecule has 0 spiro atoms. The minimum absolute atomic E-state index is 0.0783. The molecule has 2 aromatic carbocycles. The Kier molecular flexibility index (Phi) is 6.57. The Morgan fingerprint density at radius 3 is 2.69 bits per heavy atom. The normalized spacial score (nSPS) is 11.7. The second-order valence-electron chi connectivity index (χ2n) is 6.66. The zero-order valence-corrected chi connectivity index (χ0v) is 16.8. The van der Waals surface area contributed by atoms with Crippen LogP contribution in [0.25, 0.3) is 11.3 Å². The van der Waals surface area contributed by atoms with E-state index in [2.05, 4.69) is 5.32 Å². The Morgan fingerprint density at radius 2 is 2.00 bits per heavy atom. The quantitative estimate of drug-likeness (QED) is 0.568.